The molecule has 1 aliphatic rings. The fraction of sp³-hybridized carbons (Fsp3) is 0.857. The Kier molecular flexibility index (Phi) is 2.88. The Morgan fingerprint density at radius 3 is 2.58 bits per heavy atom. The third kappa shape index (κ3) is 2.67. The first kappa shape index (κ1) is 9.28. The predicted octanol–water partition coefficient (Wildman–Crippen LogP) is -0.0993. The minimum atomic E-state index is -1.03. The molecule has 1 rings (SSSR count). The van der Waals surface area contributed by atoms with E-state index in [1.54, 1.807) is 0 Å². The lowest BCUT2D eigenvalue weighted by molar-refractivity contribution is 0.170. The Bertz CT molecular complexity index is 166. The summed E-state index contributed by atoms with van der Waals surface area (Å²) in [7, 11) is 0. The molecule has 1 saturated heterocycles. The van der Waals surface area contributed by atoms with Gasteiger partial charge in [0.15, 0.2) is 0 Å². The van der Waals surface area contributed by atoms with Gasteiger partial charge >= 0.3 is 6.09 Å². The lowest BCUT2D eigenvalue weighted by Crippen LogP contribution is -2.56. The van der Waals surface area contributed by atoms with Crippen molar-refractivity contribution in [2.75, 3.05) is 13.1 Å². The summed E-state index contributed by atoms with van der Waals surface area (Å²) < 4.78 is 0. The van der Waals surface area contributed by atoms with Crippen LogP contribution in [-0.2, 0) is 0 Å². The molecule has 0 saturated carbocycles. The molecule has 1 fully saturated rings. The number of piperidine rings is 1. The van der Waals surface area contributed by atoms with Crippen molar-refractivity contribution in [1.82, 2.24) is 16.2 Å². The highest BCUT2D eigenvalue weighted by molar-refractivity contribution is 5.63. The van der Waals surface area contributed by atoms with E-state index in [2.05, 4.69) is 16.2 Å². The molecule has 0 atom stereocenters. The molecule has 0 unspecified atom stereocenters. The minimum absolute atomic E-state index is 0.0936. The molecule has 0 radical (unpaired) electrons. The van der Waals surface area contributed by atoms with Crippen LogP contribution in [0.5, 0.6) is 0 Å². The number of carbonyl (C=O) groups is 1. The van der Waals surface area contributed by atoms with Crippen molar-refractivity contribution in [1.29, 1.82) is 0 Å². The van der Waals surface area contributed by atoms with E-state index >= 15 is 0 Å². The van der Waals surface area contributed by atoms with E-state index in [0.29, 0.717) is 0 Å². The average Bonchev–Trinajstić information content (AvgIpc) is 2.03. The summed E-state index contributed by atoms with van der Waals surface area (Å²) in [4.78, 5) is 10.2. The van der Waals surface area contributed by atoms with Gasteiger partial charge in [-0.2, -0.15) is 0 Å². The molecule has 1 aliphatic heterocycles. The molecule has 5 nitrogen and oxygen atoms in total. The second-order valence-corrected chi connectivity index (χ2v) is 3.37. The third-order valence-electron chi connectivity index (χ3n) is 2.18. The van der Waals surface area contributed by atoms with Crippen molar-refractivity contribution < 1.29 is 9.90 Å². The van der Waals surface area contributed by atoms with Crippen molar-refractivity contribution in [3.63, 3.8) is 0 Å². The van der Waals surface area contributed by atoms with E-state index in [0.717, 1.165) is 25.9 Å². The number of carboxylic acid groups (broad SMARTS) is 1. The van der Waals surface area contributed by atoms with E-state index in [9.17, 15) is 4.79 Å². The molecule has 1 amide bonds. The maximum Gasteiger partial charge on any atom is 0.419 e. The Hall–Kier alpha value is -0.810. The number of hydrogen-bond acceptors (Lipinski definition) is 3. The van der Waals surface area contributed by atoms with E-state index in [1.165, 1.54) is 0 Å². The molecule has 0 aromatic rings. The molecule has 0 aromatic carbocycles. The van der Waals surface area contributed by atoms with Crippen molar-refractivity contribution in [2.24, 2.45) is 0 Å². The van der Waals surface area contributed by atoms with Crippen LogP contribution in [0.2, 0.25) is 0 Å². The summed E-state index contributed by atoms with van der Waals surface area (Å²) >= 11 is 0. The van der Waals surface area contributed by atoms with Crippen LogP contribution >= 0.6 is 0 Å². The fourth-order valence-corrected chi connectivity index (χ4v) is 1.31. The van der Waals surface area contributed by atoms with Crippen molar-refractivity contribution in [2.45, 2.75) is 25.3 Å². The van der Waals surface area contributed by atoms with Crippen LogP contribution in [0.25, 0.3) is 0 Å². The van der Waals surface area contributed by atoms with Gasteiger partial charge in [0.25, 0.3) is 0 Å². The minimum Gasteiger partial charge on any atom is -0.464 e. The van der Waals surface area contributed by atoms with E-state index < -0.39 is 6.09 Å². The van der Waals surface area contributed by atoms with Gasteiger partial charge in [-0.05, 0) is 32.9 Å². The summed E-state index contributed by atoms with van der Waals surface area (Å²) in [6.45, 7) is 3.89. The molecule has 70 valence electrons. The molecular formula is C7H15N3O2. The zero-order valence-electron chi connectivity index (χ0n) is 7.18. The van der Waals surface area contributed by atoms with Gasteiger partial charge in [0.2, 0.25) is 0 Å². The zero-order valence-corrected chi connectivity index (χ0v) is 7.18. The summed E-state index contributed by atoms with van der Waals surface area (Å²) in [5.41, 5.74) is 4.91. The Morgan fingerprint density at radius 2 is 2.08 bits per heavy atom. The molecule has 0 spiro atoms. The van der Waals surface area contributed by atoms with Gasteiger partial charge in [-0.1, -0.05) is 0 Å². The van der Waals surface area contributed by atoms with Crippen LogP contribution in [-0.4, -0.2) is 29.8 Å². The van der Waals surface area contributed by atoms with Gasteiger partial charge < -0.3 is 10.4 Å². The SMILES string of the molecule is CC1(NNC(=O)O)CCNCC1. The molecular weight excluding hydrogens is 158 g/mol. The highest BCUT2D eigenvalue weighted by atomic mass is 16.4. The highest BCUT2D eigenvalue weighted by Crippen LogP contribution is 2.15. The summed E-state index contributed by atoms with van der Waals surface area (Å²) in [6, 6.07) is 0. The second kappa shape index (κ2) is 3.73. The maximum absolute atomic E-state index is 10.2. The van der Waals surface area contributed by atoms with Gasteiger partial charge in [0, 0.05) is 5.54 Å². The molecule has 0 aliphatic carbocycles. The molecule has 0 bridgehead atoms. The highest BCUT2D eigenvalue weighted by Gasteiger charge is 2.26. The van der Waals surface area contributed by atoms with E-state index in [1.807, 2.05) is 6.92 Å². The lowest BCUT2D eigenvalue weighted by Gasteiger charge is -2.34. The van der Waals surface area contributed by atoms with Gasteiger partial charge in [0.05, 0.1) is 0 Å². The first-order chi connectivity index (χ1) is 5.62. The molecule has 5 heteroatoms. The molecule has 4 N–H and O–H groups in total. The number of amides is 1. The van der Waals surface area contributed by atoms with Crippen molar-refractivity contribution in [3.8, 4) is 0 Å². The van der Waals surface area contributed by atoms with E-state index in [-0.39, 0.29) is 5.54 Å². The maximum atomic E-state index is 10.2. The summed E-state index contributed by atoms with van der Waals surface area (Å²) in [6.07, 6.45) is 0.843. The normalized spacial score (nSPS) is 21.8. The zero-order chi connectivity index (χ0) is 9.03. The van der Waals surface area contributed by atoms with Gasteiger partial charge in [-0.15, -0.1) is 0 Å². The van der Waals surface area contributed by atoms with Gasteiger partial charge in [-0.3, -0.25) is 5.43 Å². The third-order valence-corrected chi connectivity index (χ3v) is 2.18. The number of hydrogen-bond donors (Lipinski definition) is 4. The van der Waals surface area contributed by atoms with Crippen molar-refractivity contribution in [3.05, 3.63) is 0 Å². The largest absolute Gasteiger partial charge is 0.464 e. The second-order valence-electron chi connectivity index (χ2n) is 3.37. The average molecular weight is 173 g/mol. The summed E-state index contributed by atoms with van der Waals surface area (Å²) in [5.74, 6) is 0. The number of rotatable bonds is 2. The molecule has 12 heavy (non-hydrogen) atoms. The van der Waals surface area contributed by atoms with Crippen molar-refractivity contribution >= 4 is 6.09 Å². The first-order valence-electron chi connectivity index (χ1n) is 4.09. The quantitative estimate of drug-likeness (QED) is 0.440. The van der Waals surface area contributed by atoms with Gasteiger partial charge in [-0.25, -0.2) is 10.2 Å². The lowest BCUT2D eigenvalue weighted by atomic mass is 9.92. The van der Waals surface area contributed by atoms with E-state index in [4.69, 9.17) is 5.11 Å². The number of nitrogens with one attached hydrogen (secondary N) is 3. The van der Waals surface area contributed by atoms with Crippen LogP contribution in [0.15, 0.2) is 0 Å². The smallest absolute Gasteiger partial charge is 0.419 e. The van der Waals surface area contributed by atoms with Crippen LogP contribution in [0.4, 0.5) is 4.79 Å². The van der Waals surface area contributed by atoms with Crippen LogP contribution in [0.3, 0.4) is 0 Å². The monoisotopic (exact) mass is 173 g/mol. The Labute approximate surface area is 71.5 Å². The Balaban J connectivity index is 2.31. The topological polar surface area (TPSA) is 73.4 Å². The Morgan fingerprint density at radius 1 is 1.50 bits per heavy atom. The number of hydrazine groups is 1. The molecule has 0 aromatic heterocycles. The fourth-order valence-electron chi connectivity index (χ4n) is 1.31. The first-order valence-corrected chi connectivity index (χ1v) is 4.09. The standard InChI is InChI=1S/C7H15N3O2/c1-7(10-9-6(11)12)2-4-8-5-3-7/h8-10H,2-5H2,1H3,(H,11,12). The summed E-state index contributed by atoms with van der Waals surface area (Å²) in [5, 5.41) is 11.6. The van der Waals surface area contributed by atoms with Gasteiger partial charge in [0.1, 0.15) is 0 Å². The van der Waals surface area contributed by atoms with Crippen LogP contribution in [0, 0.1) is 0 Å². The van der Waals surface area contributed by atoms with Crippen LogP contribution in [0.1, 0.15) is 19.8 Å². The van der Waals surface area contributed by atoms with Crippen LogP contribution < -0.4 is 16.2 Å². The molecule has 1 heterocycles. The predicted molar refractivity (Wildman–Crippen MR) is 44.8 cm³/mol.